The van der Waals surface area contributed by atoms with E-state index in [-0.39, 0.29) is 11.7 Å². The summed E-state index contributed by atoms with van der Waals surface area (Å²) >= 11 is 0. The molecule has 206 valence electrons. The molecule has 0 unspecified atom stereocenters. The highest BCUT2D eigenvalue weighted by Crippen LogP contribution is 2.15. The lowest BCUT2D eigenvalue weighted by molar-refractivity contribution is -0.137. The van der Waals surface area contributed by atoms with Crippen LogP contribution in [0.3, 0.4) is 0 Å². The van der Waals surface area contributed by atoms with Crippen LogP contribution in [0.4, 0.5) is 0 Å². The molecule has 1 rings (SSSR count). The fourth-order valence-corrected chi connectivity index (χ4v) is 4.68. The second-order valence-electron chi connectivity index (χ2n) is 10.5. The van der Waals surface area contributed by atoms with Gasteiger partial charge in [-0.3, -0.25) is 0 Å². The van der Waals surface area contributed by atoms with Crippen LogP contribution in [0, 0.1) is 0 Å². The number of aromatic hydroxyl groups is 1. The van der Waals surface area contributed by atoms with E-state index in [1.807, 2.05) is 0 Å². The van der Waals surface area contributed by atoms with Crippen LogP contribution >= 0.6 is 0 Å². The molecular formula is C33H56O3. The van der Waals surface area contributed by atoms with Crippen molar-refractivity contribution in [2.24, 2.45) is 0 Å². The van der Waals surface area contributed by atoms with E-state index in [1.165, 1.54) is 134 Å². The lowest BCUT2D eigenvalue weighted by Crippen LogP contribution is -2.02. The summed E-state index contributed by atoms with van der Waals surface area (Å²) in [5, 5.41) is 9.26. The van der Waals surface area contributed by atoms with Crippen molar-refractivity contribution >= 4 is 12.0 Å². The van der Waals surface area contributed by atoms with Crippen molar-refractivity contribution < 1.29 is 14.6 Å². The van der Waals surface area contributed by atoms with E-state index in [9.17, 15) is 9.90 Å². The van der Waals surface area contributed by atoms with Gasteiger partial charge in [-0.15, -0.1) is 0 Å². The zero-order valence-electron chi connectivity index (χ0n) is 23.5. The Labute approximate surface area is 223 Å². The van der Waals surface area contributed by atoms with Crippen molar-refractivity contribution in [3.05, 3.63) is 35.9 Å². The number of phenolic OH excluding ortho intramolecular Hbond substituents is 1. The van der Waals surface area contributed by atoms with Crippen molar-refractivity contribution in [2.45, 2.75) is 148 Å². The van der Waals surface area contributed by atoms with E-state index in [0.29, 0.717) is 6.61 Å². The summed E-state index contributed by atoms with van der Waals surface area (Å²) in [5.41, 5.74) is 0.870. The summed E-state index contributed by atoms with van der Waals surface area (Å²) in [5.74, 6) is -0.0775. The molecule has 0 aromatic heterocycles. The number of esters is 1. The van der Waals surface area contributed by atoms with Gasteiger partial charge in [-0.2, -0.15) is 0 Å². The molecule has 0 aliphatic heterocycles. The summed E-state index contributed by atoms with van der Waals surface area (Å²) in [4.78, 5) is 11.7. The van der Waals surface area contributed by atoms with Crippen molar-refractivity contribution in [1.82, 2.24) is 0 Å². The van der Waals surface area contributed by atoms with Crippen LogP contribution in [0.25, 0.3) is 6.08 Å². The molecule has 0 spiro atoms. The Kier molecular flexibility index (Phi) is 22.3. The quantitative estimate of drug-likeness (QED) is 0.0825. The van der Waals surface area contributed by atoms with E-state index in [4.69, 9.17) is 4.74 Å². The molecular weight excluding hydrogens is 444 g/mol. The fraction of sp³-hybridized carbons (Fsp3) is 0.727. The average molecular weight is 501 g/mol. The lowest BCUT2D eigenvalue weighted by atomic mass is 10.0. The molecule has 1 aromatic rings. The van der Waals surface area contributed by atoms with Crippen LogP contribution in [0.15, 0.2) is 30.3 Å². The summed E-state index contributed by atoms with van der Waals surface area (Å²) in [6, 6.07) is 6.73. The molecule has 0 saturated carbocycles. The van der Waals surface area contributed by atoms with Crippen LogP contribution in [-0.2, 0) is 9.53 Å². The Balaban J connectivity index is 1.73. The molecule has 0 radical (unpaired) electrons. The minimum absolute atomic E-state index is 0.222. The fourth-order valence-electron chi connectivity index (χ4n) is 4.68. The van der Waals surface area contributed by atoms with Gasteiger partial charge >= 0.3 is 5.97 Å². The number of benzene rings is 1. The number of carbonyl (C=O) groups excluding carboxylic acids is 1. The second kappa shape index (κ2) is 24.9. The molecule has 1 aromatic carbocycles. The Hall–Kier alpha value is -1.77. The van der Waals surface area contributed by atoms with Gasteiger partial charge in [0.25, 0.3) is 0 Å². The summed E-state index contributed by atoms with van der Waals surface area (Å²) in [6.07, 6.45) is 33.4. The predicted molar refractivity (Wildman–Crippen MR) is 155 cm³/mol. The number of hydrogen-bond acceptors (Lipinski definition) is 3. The van der Waals surface area contributed by atoms with Crippen LogP contribution in [0.2, 0.25) is 0 Å². The number of carbonyl (C=O) groups is 1. The standard InChI is InChI=1S/C33H56O3/c1-2-3-4-5-6-7-8-9-10-11-12-13-14-15-16-17-18-19-20-21-22-23-30-36-33(35)29-26-31-24-27-32(34)28-25-31/h24-29,34H,2-23,30H2,1H3/b29-26-. The van der Waals surface area contributed by atoms with E-state index in [2.05, 4.69) is 6.92 Å². The Bertz CT molecular complexity index is 635. The molecule has 0 heterocycles. The molecule has 3 heteroatoms. The van der Waals surface area contributed by atoms with Crippen LogP contribution in [0.5, 0.6) is 5.75 Å². The van der Waals surface area contributed by atoms with Crippen molar-refractivity contribution in [2.75, 3.05) is 6.61 Å². The Morgan fingerprint density at radius 3 is 1.36 bits per heavy atom. The maximum atomic E-state index is 11.7. The number of unbranched alkanes of at least 4 members (excludes halogenated alkanes) is 21. The molecule has 0 aliphatic rings. The topological polar surface area (TPSA) is 46.5 Å². The van der Waals surface area contributed by atoms with Crippen LogP contribution in [-0.4, -0.2) is 17.7 Å². The molecule has 36 heavy (non-hydrogen) atoms. The number of phenols is 1. The van der Waals surface area contributed by atoms with Gasteiger partial charge in [0.1, 0.15) is 5.75 Å². The minimum Gasteiger partial charge on any atom is -0.508 e. The van der Waals surface area contributed by atoms with E-state index >= 15 is 0 Å². The SMILES string of the molecule is CCCCCCCCCCCCCCCCCCCCCCCCOC(=O)/C=C\c1ccc(O)cc1. The minimum atomic E-state index is -0.299. The molecule has 0 atom stereocenters. The monoisotopic (exact) mass is 500 g/mol. The first-order valence-corrected chi connectivity index (χ1v) is 15.4. The summed E-state index contributed by atoms with van der Waals surface area (Å²) < 4.78 is 5.26. The van der Waals surface area contributed by atoms with Gasteiger partial charge in [0.2, 0.25) is 0 Å². The zero-order chi connectivity index (χ0) is 25.9. The maximum absolute atomic E-state index is 11.7. The summed E-state index contributed by atoms with van der Waals surface area (Å²) in [7, 11) is 0. The van der Waals surface area contributed by atoms with Crippen molar-refractivity contribution in [1.29, 1.82) is 0 Å². The number of rotatable bonds is 25. The maximum Gasteiger partial charge on any atom is 0.330 e. The molecule has 0 amide bonds. The lowest BCUT2D eigenvalue weighted by Gasteiger charge is -2.04. The third-order valence-electron chi connectivity index (χ3n) is 7.05. The molecule has 1 N–H and O–H groups in total. The first-order chi connectivity index (χ1) is 17.7. The van der Waals surface area contributed by atoms with Crippen molar-refractivity contribution in [3.63, 3.8) is 0 Å². The molecule has 0 bridgehead atoms. The highest BCUT2D eigenvalue weighted by molar-refractivity contribution is 5.87. The molecule has 0 fully saturated rings. The molecule has 3 nitrogen and oxygen atoms in total. The van der Waals surface area contributed by atoms with Gasteiger partial charge in [-0.1, -0.05) is 154 Å². The highest BCUT2D eigenvalue weighted by atomic mass is 16.5. The zero-order valence-corrected chi connectivity index (χ0v) is 23.5. The van der Waals surface area contributed by atoms with Gasteiger partial charge in [0.05, 0.1) is 6.61 Å². The first-order valence-electron chi connectivity index (χ1n) is 15.4. The molecule has 0 aliphatic carbocycles. The predicted octanol–water partition coefficient (Wildman–Crippen LogP) is 10.6. The third-order valence-corrected chi connectivity index (χ3v) is 7.05. The van der Waals surface area contributed by atoms with Crippen LogP contribution < -0.4 is 0 Å². The van der Waals surface area contributed by atoms with Gasteiger partial charge < -0.3 is 9.84 Å². The number of hydrogen-bond donors (Lipinski definition) is 1. The third kappa shape index (κ3) is 21.5. The van der Waals surface area contributed by atoms with Crippen molar-refractivity contribution in [3.8, 4) is 5.75 Å². The number of ether oxygens (including phenoxy) is 1. The highest BCUT2D eigenvalue weighted by Gasteiger charge is 1.99. The molecule has 0 saturated heterocycles. The smallest absolute Gasteiger partial charge is 0.330 e. The van der Waals surface area contributed by atoms with E-state index < -0.39 is 0 Å². The summed E-state index contributed by atoms with van der Waals surface area (Å²) in [6.45, 7) is 2.79. The van der Waals surface area contributed by atoms with Crippen LogP contribution in [0.1, 0.15) is 154 Å². The normalized spacial score (nSPS) is 11.4. The van der Waals surface area contributed by atoms with E-state index in [1.54, 1.807) is 30.3 Å². The Morgan fingerprint density at radius 1 is 0.611 bits per heavy atom. The average Bonchev–Trinajstić information content (AvgIpc) is 2.88. The van der Waals surface area contributed by atoms with Gasteiger partial charge in [0.15, 0.2) is 0 Å². The van der Waals surface area contributed by atoms with Gasteiger partial charge in [-0.05, 0) is 30.2 Å². The Morgan fingerprint density at radius 2 is 0.972 bits per heavy atom. The first kappa shape index (κ1) is 32.3. The van der Waals surface area contributed by atoms with E-state index in [0.717, 1.165) is 18.4 Å². The van der Waals surface area contributed by atoms with Gasteiger partial charge in [-0.25, -0.2) is 4.79 Å². The largest absolute Gasteiger partial charge is 0.508 e. The second-order valence-corrected chi connectivity index (χ2v) is 10.5. The van der Waals surface area contributed by atoms with Gasteiger partial charge in [0, 0.05) is 6.08 Å².